The fourth-order valence-corrected chi connectivity index (χ4v) is 1.80. The van der Waals surface area contributed by atoms with Crippen LogP contribution in [0.1, 0.15) is 27.2 Å². The second-order valence-electron chi connectivity index (χ2n) is 5.05. The molecule has 0 spiro atoms. The van der Waals surface area contributed by atoms with E-state index in [0.717, 1.165) is 6.42 Å². The fraction of sp³-hybridized carbons (Fsp3) is 0.467. The molecule has 0 fully saturated rings. The molecule has 1 aromatic rings. The zero-order valence-corrected chi connectivity index (χ0v) is 11.7. The molecule has 4 heteroatoms. The minimum Gasteiger partial charge on any atom is -0.410 e. The van der Waals surface area contributed by atoms with Crippen molar-refractivity contribution < 1.29 is 14.3 Å². The number of nitrogens with one attached hydrogen (secondary N) is 1. The van der Waals surface area contributed by atoms with Crippen molar-refractivity contribution in [2.45, 2.75) is 27.2 Å². The molecule has 0 radical (unpaired) electrons. The Labute approximate surface area is 114 Å². The number of ketones is 1. The summed E-state index contributed by atoms with van der Waals surface area (Å²) in [4.78, 5) is 23.2. The quantitative estimate of drug-likeness (QED) is 0.858. The Hall–Kier alpha value is -1.84. The minimum atomic E-state index is -0.601. The third kappa shape index (κ3) is 6.04. The third-order valence-corrected chi connectivity index (χ3v) is 2.74. The lowest BCUT2D eigenvalue weighted by Crippen LogP contribution is -2.34. The van der Waals surface area contributed by atoms with Crippen LogP contribution in [0.25, 0.3) is 0 Å². The first kappa shape index (κ1) is 15.2. The van der Waals surface area contributed by atoms with E-state index in [1.54, 1.807) is 24.3 Å². The van der Waals surface area contributed by atoms with Gasteiger partial charge in [-0.15, -0.1) is 0 Å². The largest absolute Gasteiger partial charge is 0.412 e. The lowest BCUT2D eigenvalue weighted by molar-refractivity contribution is -0.121. The Bertz CT molecular complexity index is 415. The molecule has 0 saturated heterocycles. The number of hydrogen-bond donors (Lipinski definition) is 1. The van der Waals surface area contributed by atoms with Crippen molar-refractivity contribution in [1.29, 1.82) is 0 Å². The molecule has 1 unspecified atom stereocenters. The first-order valence-corrected chi connectivity index (χ1v) is 6.52. The number of hydrogen-bond acceptors (Lipinski definition) is 3. The van der Waals surface area contributed by atoms with Crippen LogP contribution in [0.2, 0.25) is 0 Å². The Balaban J connectivity index is 2.32. The summed E-state index contributed by atoms with van der Waals surface area (Å²) in [5.41, 5.74) is 0. The van der Waals surface area contributed by atoms with Gasteiger partial charge < -0.3 is 10.1 Å². The van der Waals surface area contributed by atoms with Gasteiger partial charge in [-0.2, -0.15) is 0 Å². The number of rotatable bonds is 6. The van der Waals surface area contributed by atoms with Gasteiger partial charge in [0.2, 0.25) is 0 Å². The van der Waals surface area contributed by atoms with Gasteiger partial charge in [-0.1, -0.05) is 39.0 Å². The molecule has 19 heavy (non-hydrogen) atoms. The van der Waals surface area contributed by atoms with Gasteiger partial charge in [0.25, 0.3) is 0 Å². The summed E-state index contributed by atoms with van der Waals surface area (Å²) in [6.07, 6.45) is 0.227. The molecule has 1 N–H and O–H groups in total. The molecule has 0 heterocycles. The second kappa shape index (κ2) is 7.56. The summed E-state index contributed by atoms with van der Waals surface area (Å²) in [5.74, 6) is 0.911. The van der Waals surface area contributed by atoms with Crippen molar-refractivity contribution in [2.24, 2.45) is 11.8 Å². The molecular weight excluding hydrogens is 242 g/mol. The lowest BCUT2D eigenvalue weighted by Gasteiger charge is -2.13. The molecule has 0 aliphatic carbocycles. The summed E-state index contributed by atoms with van der Waals surface area (Å²) in [6, 6.07) is 8.75. The summed E-state index contributed by atoms with van der Waals surface area (Å²) in [5, 5.41) is 2.47. The molecule has 0 aliphatic rings. The van der Waals surface area contributed by atoms with Crippen LogP contribution in [0.5, 0.6) is 5.75 Å². The van der Waals surface area contributed by atoms with E-state index < -0.39 is 6.09 Å². The number of ether oxygens (including phenoxy) is 1. The van der Waals surface area contributed by atoms with Crippen LogP contribution in [-0.2, 0) is 4.79 Å². The SMILES string of the molecule is CC(C)CC(C)C(=O)CNC(=O)Oc1ccccc1. The monoisotopic (exact) mass is 263 g/mol. The predicted octanol–water partition coefficient (Wildman–Crippen LogP) is 3.03. The molecule has 1 aromatic carbocycles. The number of carbonyl (C=O) groups excluding carboxylic acids is 2. The van der Waals surface area contributed by atoms with Crippen molar-refractivity contribution >= 4 is 11.9 Å². The van der Waals surface area contributed by atoms with E-state index in [0.29, 0.717) is 11.7 Å². The highest BCUT2D eigenvalue weighted by molar-refractivity contribution is 5.86. The standard InChI is InChI=1S/C15H21NO3/c1-11(2)9-12(3)14(17)10-16-15(18)19-13-7-5-4-6-8-13/h4-8,11-12H,9-10H2,1-3H3,(H,16,18). The van der Waals surface area contributed by atoms with Crippen LogP contribution >= 0.6 is 0 Å². The fourth-order valence-electron chi connectivity index (χ4n) is 1.80. The molecule has 1 amide bonds. The second-order valence-corrected chi connectivity index (χ2v) is 5.05. The Kier molecular flexibility index (Phi) is 6.06. The van der Waals surface area contributed by atoms with Crippen molar-refractivity contribution in [2.75, 3.05) is 6.54 Å². The maximum absolute atomic E-state index is 11.8. The Morgan fingerprint density at radius 3 is 2.37 bits per heavy atom. The average Bonchev–Trinajstić information content (AvgIpc) is 2.36. The lowest BCUT2D eigenvalue weighted by atomic mass is 9.95. The zero-order chi connectivity index (χ0) is 14.3. The van der Waals surface area contributed by atoms with Gasteiger partial charge in [0.05, 0.1) is 6.54 Å². The maximum Gasteiger partial charge on any atom is 0.412 e. The van der Waals surface area contributed by atoms with Gasteiger partial charge in [-0.25, -0.2) is 4.79 Å². The number of Topliss-reactive ketones (excluding diaryl/α,β-unsaturated/α-hetero) is 1. The van der Waals surface area contributed by atoms with E-state index in [4.69, 9.17) is 4.74 Å². The van der Waals surface area contributed by atoms with E-state index in [2.05, 4.69) is 19.2 Å². The molecule has 1 atom stereocenters. The van der Waals surface area contributed by atoms with Crippen LogP contribution in [0.4, 0.5) is 4.79 Å². The highest BCUT2D eigenvalue weighted by Gasteiger charge is 2.15. The maximum atomic E-state index is 11.8. The van der Waals surface area contributed by atoms with Crippen LogP contribution in [-0.4, -0.2) is 18.4 Å². The van der Waals surface area contributed by atoms with Gasteiger partial charge in [0.15, 0.2) is 5.78 Å². The van der Waals surface area contributed by atoms with Crippen molar-refractivity contribution in [3.8, 4) is 5.75 Å². The molecule has 0 aliphatic heterocycles. The van der Waals surface area contributed by atoms with Gasteiger partial charge in [-0.3, -0.25) is 4.79 Å². The minimum absolute atomic E-state index is 0.0134. The van der Waals surface area contributed by atoms with E-state index in [-0.39, 0.29) is 18.2 Å². The molecule has 4 nitrogen and oxygen atoms in total. The Morgan fingerprint density at radius 2 is 1.79 bits per heavy atom. The molecule has 0 aromatic heterocycles. The summed E-state index contributed by atoms with van der Waals surface area (Å²) < 4.78 is 5.02. The van der Waals surface area contributed by atoms with Crippen LogP contribution < -0.4 is 10.1 Å². The highest BCUT2D eigenvalue weighted by Crippen LogP contribution is 2.11. The topological polar surface area (TPSA) is 55.4 Å². The van der Waals surface area contributed by atoms with E-state index in [9.17, 15) is 9.59 Å². The smallest absolute Gasteiger partial charge is 0.410 e. The molecule has 1 rings (SSSR count). The first-order chi connectivity index (χ1) is 8.99. The average molecular weight is 263 g/mol. The van der Waals surface area contributed by atoms with E-state index >= 15 is 0 Å². The van der Waals surface area contributed by atoms with Gasteiger partial charge in [-0.05, 0) is 24.5 Å². The predicted molar refractivity (Wildman–Crippen MR) is 74.1 cm³/mol. The van der Waals surface area contributed by atoms with Gasteiger partial charge in [0.1, 0.15) is 5.75 Å². The number of amides is 1. The van der Waals surface area contributed by atoms with Crippen molar-refractivity contribution in [1.82, 2.24) is 5.32 Å². The van der Waals surface area contributed by atoms with Crippen LogP contribution in [0.3, 0.4) is 0 Å². The molecule has 104 valence electrons. The summed E-state index contributed by atoms with van der Waals surface area (Å²) >= 11 is 0. The molecule has 0 saturated carbocycles. The normalized spacial score (nSPS) is 12.0. The summed E-state index contributed by atoms with van der Waals surface area (Å²) in [7, 11) is 0. The number of carbonyl (C=O) groups is 2. The van der Waals surface area contributed by atoms with Gasteiger partial charge in [0, 0.05) is 5.92 Å². The molecular formula is C15H21NO3. The number of para-hydroxylation sites is 1. The van der Waals surface area contributed by atoms with E-state index in [1.807, 2.05) is 13.0 Å². The van der Waals surface area contributed by atoms with Crippen LogP contribution in [0, 0.1) is 11.8 Å². The van der Waals surface area contributed by atoms with E-state index in [1.165, 1.54) is 0 Å². The zero-order valence-electron chi connectivity index (χ0n) is 11.7. The Morgan fingerprint density at radius 1 is 1.16 bits per heavy atom. The summed E-state index contributed by atoms with van der Waals surface area (Å²) in [6.45, 7) is 6.04. The van der Waals surface area contributed by atoms with Crippen molar-refractivity contribution in [3.63, 3.8) is 0 Å². The first-order valence-electron chi connectivity index (χ1n) is 6.52. The van der Waals surface area contributed by atoms with Crippen molar-refractivity contribution in [3.05, 3.63) is 30.3 Å². The number of benzene rings is 1. The highest BCUT2D eigenvalue weighted by atomic mass is 16.6. The van der Waals surface area contributed by atoms with Gasteiger partial charge >= 0.3 is 6.09 Å². The third-order valence-electron chi connectivity index (χ3n) is 2.74. The molecule has 0 bridgehead atoms. The van der Waals surface area contributed by atoms with Crippen LogP contribution in [0.15, 0.2) is 30.3 Å².